The number of carbonyl (C=O) groups is 9. The van der Waals surface area contributed by atoms with E-state index in [0.29, 0.717) is 5.56 Å². The number of hydrogen-bond acceptors (Lipinski definition) is 11. The third-order valence-corrected chi connectivity index (χ3v) is 11.2. The summed E-state index contributed by atoms with van der Waals surface area (Å²) >= 11 is 0. The van der Waals surface area contributed by atoms with Crippen LogP contribution in [0.4, 0.5) is 0 Å². The first-order valence-corrected chi connectivity index (χ1v) is 24.1. The Kier molecular flexibility index (Phi) is 26.0. The van der Waals surface area contributed by atoms with Crippen LogP contribution in [0.25, 0.3) is 0 Å². The predicted molar refractivity (Wildman–Crippen MR) is 262 cm³/mol. The van der Waals surface area contributed by atoms with Crippen molar-refractivity contribution in [3.63, 3.8) is 0 Å². The molecule has 0 aliphatic rings. The Balaban J connectivity index is 3.22. The minimum atomic E-state index is -1.22. The molecule has 0 bridgehead atoms. The number of amides is 8. The highest BCUT2D eigenvalue weighted by Crippen LogP contribution is 2.15. The van der Waals surface area contributed by atoms with E-state index in [-0.39, 0.29) is 49.2 Å². The minimum Gasteiger partial charge on any atom is -0.508 e. The van der Waals surface area contributed by atoms with E-state index in [0.717, 1.165) is 0 Å². The first-order chi connectivity index (χ1) is 31.9. The number of carboxylic acids is 1. The van der Waals surface area contributed by atoms with Crippen LogP contribution in [0, 0.1) is 41.4 Å². The summed E-state index contributed by atoms with van der Waals surface area (Å²) in [6.45, 7) is 24.0. The van der Waals surface area contributed by atoms with Gasteiger partial charge in [0.1, 0.15) is 48.0 Å². The van der Waals surface area contributed by atoms with E-state index >= 15 is 0 Å². The maximum absolute atomic E-state index is 14.0. The Morgan fingerprint density at radius 3 is 1.16 bits per heavy atom. The van der Waals surface area contributed by atoms with Gasteiger partial charge in [0.15, 0.2) is 0 Å². The number of benzene rings is 1. The van der Waals surface area contributed by atoms with Crippen LogP contribution in [0.3, 0.4) is 0 Å². The topological polar surface area (TPSA) is 316 Å². The highest BCUT2D eigenvalue weighted by atomic mass is 16.4. The van der Waals surface area contributed by atoms with Crippen molar-refractivity contribution in [1.82, 2.24) is 42.5 Å². The van der Waals surface area contributed by atoms with Crippen LogP contribution in [0.1, 0.15) is 122 Å². The second-order valence-electron chi connectivity index (χ2n) is 20.6. The quantitative estimate of drug-likeness (QED) is 0.0546. The molecule has 1 rings (SSSR count). The summed E-state index contributed by atoms with van der Waals surface area (Å²) in [5, 5.41) is 40.3. The summed E-state index contributed by atoms with van der Waals surface area (Å²) < 4.78 is 0. The molecule has 390 valence electrons. The van der Waals surface area contributed by atoms with Crippen molar-refractivity contribution in [3.8, 4) is 5.75 Å². The van der Waals surface area contributed by atoms with Crippen molar-refractivity contribution in [3.05, 3.63) is 29.8 Å². The summed E-state index contributed by atoms with van der Waals surface area (Å²) in [7, 11) is 0. The summed E-state index contributed by atoms with van der Waals surface area (Å²) in [6, 6.07) is -2.76. The van der Waals surface area contributed by atoms with Crippen molar-refractivity contribution in [2.24, 2.45) is 47.2 Å². The van der Waals surface area contributed by atoms with E-state index in [1.165, 1.54) is 12.1 Å². The Bertz CT molecular complexity index is 1890. The standard InChI is InChI=1S/C49H83N9O11/c1-24(2)19-34(43(62)51-23-37(60)55-41(30(13)14)49(68)69)54-46(65)38(27(7)8)57-48(67)40(29(11)12)58-47(66)39(28(9)10)56-45(64)36(21-26(5)6)53-44(63)35(20-25(3)4)52-42(61)33(50)22-31-15-17-32(59)18-16-31/h15-18,24-30,33-36,38-41,59H,19-23,50H2,1-14H3,(H,51,62)(H,52,61)(H,53,63)(H,54,65)(H,55,60)(H,56,64)(H,57,67)(H,58,66)(H,68,69)/t33-,34-,35-,36-,38-,39-,40-,41-/m0/s1. The number of carbonyl (C=O) groups excluding carboxylic acids is 8. The number of aromatic hydroxyl groups is 1. The van der Waals surface area contributed by atoms with Crippen LogP contribution >= 0.6 is 0 Å². The van der Waals surface area contributed by atoms with E-state index in [4.69, 9.17) is 5.73 Å². The Labute approximate surface area is 408 Å². The zero-order valence-electron chi connectivity index (χ0n) is 43.2. The SMILES string of the molecule is CC(C)C[C@H](NC(=O)[C@H](CC(C)C)NC(=O)[C@@H](N)Cc1ccc(O)cc1)C(=O)N[C@H](C(=O)N[C@H](C(=O)N[C@H](C(=O)N[C@@H](CC(C)C)C(=O)NCC(=O)N[C@H](C(=O)O)C(C)C)C(C)C)C(C)C)C(C)C. The number of nitrogens with two attached hydrogens (primary N) is 1. The van der Waals surface area contributed by atoms with Gasteiger partial charge >= 0.3 is 5.97 Å². The summed E-state index contributed by atoms with van der Waals surface area (Å²) in [6.07, 6.45) is 0.736. The number of phenols is 1. The van der Waals surface area contributed by atoms with E-state index in [1.54, 1.807) is 67.5 Å². The number of nitrogens with one attached hydrogen (secondary N) is 8. The molecule has 0 saturated heterocycles. The van der Waals surface area contributed by atoms with Gasteiger partial charge in [-0.15, -0.1) is 0 Å². The van der Waals surface area contributed by atoms with Gasteiger partial charge in [0, 0.05) is 0 Å². The van der Waals surface area contributed by atoms with E-state index in [9.17, 15) is 53.4 Å². The molecular weight excluding hydrogens is 891 g/mol. The fourth-order valence-corrected chi connectivity index (χ4v) is 7.27. The van der Waals surface area contributed by atoms with Crippen LogP contribution in [0.15, 0.2) is 24.3 Å². The number of hydrogen-bond donors (Lipinski definition) is 11. The molecule has 0 aliphatic carbocycles. The maximum Gasteiger partial charge on any atom is 0.326 e. The van der Waals surface area contributed by atoms with Crippen molar-refractivity contribution < 1.29 is 53.4 Å². The second-order valence-corrected chi connectivity index (χ2v) is 20.6. The van der Waals surface area contributed by atoms with E-state index < -0.39 is 132 Å². The average molecular weight is 974 g/mol. The molecule has 0 radical (unpaired) electrons. The number of rotatable bonds is 29. The molecule has 0 spiro atoms. The lowest BCUT2D eigenvalue weighted by atomic mass is 9.96. The van der Waals surface area contributed by atoms with E-state index in [2.05, 4.69) is 42.5 Å². The fourth-order valence-electron chi connectivity index (χ4n) is 7.27. The van der Waals surface area contributed by atoms with Gasteiger partial charge in [0.2, 0.25) is 47.3 Å². The highest BCUT2D eigenvalue weighted by molar-refractivity contribution is 5.98. The third-order valence-electron chi connectivity index (χ3n) is 11.2. The zero-order valence-corrected chi connectivity index (χ0v) is 43.2. The molecule has 0 aliphatic heterocycles. The van der Waals surface area contributed by atoms with Crippen molar-refractivity contribution in [1.29, 1.82) is 0 Å². The number of carboxylic acid groups (broad SMARTS) is 1. The molecule has 0 aromatic heterocycles. The van der Waals surface area contributed by atoms with Gasteiger partial charge < -0.3 is 58.5 Å². The highest BCUT2D eigenvalue weighted by Gasteiger charge is 2.37. The van der Waals surface area contributed by atoms with Crippen LogP contribution in [0.5, 0.6) is 5.75 Å². The maximum atomic E-state index is 14.0. The van der Waals surface area contributed by atoms with Crippen LogP contribution in [-0.4, -0.2) is 118 Å². The molecule has 20 heteroatoms. The largest absolute Gasteiger partial charge is 0.508 e. The smallest absolute Gasteiger partial charge is 0.326 e. The lowest BCUT2D eigenvalue weighted by molar-refractivity contribution is -0.143. The fraction of sp³-hybridized carbons (Fsp3) is 0.694. The van der Waals surface area contributed by atoms with Crippen molar-refractivity contribution in [2.75, 3.05) is 6.54 Å². The molecule has 0 unspecified atom stereocenters. The second kappa shape index (κ2) is 29.3. The molecule has 1 aromatic carbocycles. The molecule has 0 saturated carbocycles. The van der Waals surface area contributed by atoms with Crippen molar-refractivity contribution in [2.45, 2.75) is 171 Å². The zero-order chi connectivity index (χ0) is 53.0. The summed E-state index contributed by atoms with van der Waals surface area (Å²) in [5.41, 5.74) is 6.92. The Morgan fingerprint density at radius 1 is 0.449 bits per heavy atom. The van der Waals surface area contributed by atoms with Crippen LogP contribution in [-0.2, 0) is 49.6 Å². The Morgan fingerprint density at radius 2 is 0.783 bits per heavy atom. The number of aliphatic carboxylic acids is 1. The van der Waals surface area contributed by atoms with Crippen LogP contribution in [0.2, 0.25) is 0 Å². The van der Waals surface area contributed by atoms with Crippen LogP contribution < -0.4 is 48.3 Å². The summed E-state index contributed by atoms with van der Waals surface area (Å²) in [4.78, 5) is 120. The summed E-state index contributed by atoms with van der Waals surface area (Å²) in [5.74, 6) is -8.65. The van der Waals surface area contributed by atoms with Gasteiger partial charge in [0.25, 0.3) is 0 Å². The lowest BCUT2D eigenvalue weighted by Crippen LogP contribution is -2.62. The van der Waals surface area contributed by atoms with Gasteiger partial charge in [-0.05, 0) is 84.8 Å². The van der Waals surface area contributed by atoms with E-state index in [1.807, 2.05) is 41.5 Å². The number of phenolic OH excluding ortho intramolecular Hbond substituents is 1. The molecule has 12 N–H and O–H groups in total. The molecule has 8 atom stereocenters. The molecule has 0 fully saturated rings. The van der Waals surface area contributed by atoms with Crippen molar-refractivity contribution >= 4 is 53.2 Å². The Hall–Kier alpha value is -5.79. The normalized spacial score (nSPS) is 15.1. The minimum absolute atomic E-state index is 0.0382. The third kappa shape index (κ3) is 22.0. The van der Waals surface area contributed by atoms with Gasteiger partial charge in [-0.25, -0.2) is 4.79 Å². The average Bonchev–Trinajstić information content (AvgIpc) is 3.23. The first-order valence-electron chi connectivity index (χ1n) is 24.1. The lowest BCUT2D eigenvalue weighted by Gasteiger charge is -2.31. The predicted octanol–water partition coefficient (Wildman–Crippen LogP) is 1.62. The van der Waals surface area contributed by atoms with Gasteiger partial charge in [0.05, 0.1) is 12.6 Å². The first kappa shape index (κ1) is 61.2. The molecule has 20 nitrogen and oxygen atoms in total. The molecule has 0 heterocycles. The van der Waals surface area contributed by atoms with Gasteiger partial charge in [-0.3, -0.25) is 38.4 Å². The molecule has 1 aromatic rings. The molecule has 8 amide bonds. The van der Waals surface area contributed by atoms with Gasteiger partial charge in [-0.1, -0.05) is 109 Å². The monoisotopic (exact) mass is 974 g/mol. The molecule has 69 heavy (non-hydrogen) atoms. The van der Waals surface area contributed by atoms with Gasteiger partial charge in [-0.2, -0.15) is 0 Å². The molecular formula is C49H83N9O11.